The number of nitrogens with zero attached hydrogens (tertiary/aromatic N) is 2. The maximum Gasteiger partial charge on any atom is 0.207 e. The number of aromatic nitrogens is 2. The van der Waals surface area contributed by atoms with Crippen molar-refractivity contribution in [2.75, 3.05) is 19.0 Å². The van der Waals surface area contributed by atoms with Crippen LogP contribution in [0.15, 0.2) is 30.6 Å². The summed E-state index contributed by atoms with van der Waals surface area (Å²) in [7, 11) is 1.72. The van der Waals surface area contributed by atoms with Crippen molar-refractivity contribution in [2.45, 2.75) is 38.6 Å². The van der Waals surface area contributed by atoms with Crippen LogP contribution in [0.3, 0.4) is 0 Å². The topological polar surface area (TPSA) is 39.1 Å². The minimum atomic E-state index is 0.232. The molecule has 0 spiro atoms. The van der Waals surface area contributed by atoms with Crippen molar-refractivity contribution in [3.05, 3.63) is 41.7 Å². The van der Waals surface area contributed by atoms with Crippen molar-refractivity contribution in [3.8, 4) is 5.69 Å². The molecule has 1 N–H and O–H groups in total. The second-order valence-corrected chi connectivity index (χ2v) is 5.74. The van der Waals surface area contributed by atoms with Crippen molar-refractivity contribution in [3.63, 3.8) is 0 Å². The van der Waals surface area contributed by atoms with Crippen LogP contribution < -0.4 is 5.32 Å². The second-order valence-electron chi connectivity index (χ2n) is 5.74. The van der Waals surface area contributed by atoms with Gasteiger partial charge in [-0.1, -0.05) is 12.1 Å². The summed E-state index contributed by atoms with van der Waals surface area (Å²) in [5.74, 6) is 0.888. The van der Waals surface area contributed by atoms with Gasteiger partial charge in [-0.05, 0) is 49.8 Å². The first kappa shape index (κ1) is 14.1. The van der Waals surface area contributed by atoms with Crippen LogP contribution in [-0.2, 0) is 17.6 Å². The molecule has 1 heterocycles. The number of hydrogen-bond acceptors (Lipinski definition) is 3. The Morgan fingerprint density at radius 3 is 3.05 bits per heavy atom. The van der Waals surface area contributed by atoms with E-state index in [1.807, 2.05) is 12.4 Å². The Kier molecular flexibility index (Phi) is 4.25. The number of aryl methyl sites for hydroxylation is 1. The van der Waals surface area contributed by atoms with Crippen LogP contribution in [0.2, 0.25) is 0 Å². The zero-order valence-electron chi connectivity index (χ0n) is 12.8. The fraction of sp³-hybridized carbons (Fsp3) is 0.471. The lowest BCUT2D eigenvalue weighted by atomic mass is 9.90. The number of rotatable bonds is 5. The van der Waals surface area contributed by atoms with E-state index < -0.39 is 0 Å². The molecule has 1 unspecified atom stereocenters. The molecule has 112 valence electrons. The fourth-order valence-electron chi connectivity index (χ4n) is 3.10. The van der Waals surface area contributed by atoms with Gasteiger partial charge in [0.15, 0.2) is 0 Å². The van der Waals surface area contributed by atoms with Gasteiger partial charge in [0.25, 0.3) is 0 Å². The van der Waals surface area contributed by atoms with E-state index in [-0.39, 0.29) is 6.04 Å². The highest BCUT2D eigenvalue weighted by atomic mass is 16.5. The molecule has 4 nitrogen and oxygen atoms in total. The van der Waals surface area contributed by atoms with Crippen molar-refractivity contribution >= 4 is 5.95 Å². The molecule has 0 fully saturated rings. The van der Waals surface area contributed by atoms with E-state index in [0.29, 0.717) is 6.61 Å². The first-order valence-corrected chi connectivity index (χ1v) is 7.69. The SMILES string of the molecule is COCC(C)Nc1nccn1-c1cccc2c1CCCC2. The zero-order valence-corrected chi connectivity index (χ0v) is 12.8. The summed E-state index contributed by atoms with van der Waals surface area (Å²) in [6, 6.07) is 6.84. The Balaban J connectivity index is 1.93. The first-order chi connectivity index (χ1) is 10.3. The van der Waals surface area contributed by atoms with Crippen molar-refractivity contribution in [2.24, 2.45) is 0 Å². The predicted octanol–water partition coefficient (Wildman–Crippen LogP) is 3.20. The van der Waals surface area contributed by atoms with Gasteiger partial charge in [-0.3, -0.25) is 4.57 Å². The van der Waals surface area contributed by atoms with E-state index in [2.05, 4.69) is 40.0 Å². The van der Waals surface area contributed by atoms with Crippen LogP contribution in [0.5, 0.6) is 0 Å². The average Bonchev–Trinajstić information content (AvgIpc) is 2.95. The molecule has 21 heavy (non-hydrogen) atoms. The zero-order chi connectivity index (χ0) is 14.7. The lowest BCUT2D eigenvalue weighted by Gasteiger charge is -2.21. The highest BCUT2D eigenvalue weighted by Gasteiger charge is 2.16. The molecule has 1 atom stereocenters. The normalized spacial score (nSPS) is 15.5. The number of ether oxygens (including phenoxy) is 1. The van der Waals surface area contributed by atoms with E-state index >= 15 is 0 Å². The number of methoxy groups -OCH3 is 1. The Morgan fingerprint density at radius 2 is 2.19 bits per heavy atom. The number of benzene rings is 1. The minimum absolute atomic E-state index is 0.232. The minimum Gasteiger partial charge on any atom is -0.383 e. The summed E-state index contributed by atoms with van der Waals surface area (Å²) in [5.41, 5.74) is 4.23. The Morgan fingerprint density at radius 1 is 1.33 bits per heavy atom. The van der Waals surface area contributed by atoms with Crippen molar-refractivity contribution in [1.29, 1.82) is 0 Å². The summed E-state index contributed by atoms with van der Waals surface area (Å²) in [5, 5.41) is 3.42. The number of nitrogens with one attached hydrogen (secondary N) is 1. The molecule has 0 saturated heterocycles. The van der Waals surface area contributed by atoms with Crippen LogP contribution in [0.1, 0.15) is 30.9 Å². The predicted molar refractivity (Wildman–Crippen MR) is 85.2 cm³/mol. The molecule has 0 aliphatic heterocycles. The summed E-state index contributed by atoms with van der Waals surface area (Å²) in [6.07, 6.45) is 8.82. The molecule has 2 aromatic rings. The van der Waals surface area contributed by atoms with Gasteiger partial charge in [-0.25, -0.2) is 4.98 Å². The van der Waals surface area contributed by atoms with Gasteiger partial charge < -0.3 is 10.1 Å². The van der Waals surface area contributed by atoms with Crippen molar-refractivity contribution < 1.29 is 4.74 Å². The summed E-state index contributed by atoms with van der Waals surface area (Å²) < 4.78 is 7.35. The maximum absolute atomic E-state index is 5.19. The van der Waals surface area contributed by atoms with E-state index in [1.165, 1.54) is 36.1 Å². The largest absolute Gasteiger partial charge is 0.383 e. The van der Waals surface area contributed by atoms with E-state index in [1.54, 1.807) is 7.11 Å². The lowest BCUT2D eigenvalue weighted by Crippen LogP contribution is -2.23. The highest BCUT2D eigenvalue weighted by molar-refractivity contribution is 5.51. The van der Waals surface area contributed by atoms with Gasteiger partial charge >= 0.3 is 0 Å². The summed E-state index contributed by atoms with van der Waals surface area (Å²) >= 11 is 0. The van der Waals surface area contributed by atoms with Gasteiger partial charge in [-0.15, -0.1) is 0 Å². The van der Waals surface area contributed by atoms with Gasteiger partial charge in [0.05, 0.1) is 12.3 Å². The fourth-order valence-corrected chi connectivity index (χ4v) is 3.10. The molecule has 0 radical (unpaired) electrons. The average molecular weight is 285 g/mol. The molecule has 0 bridgehead atoms. The monoisotopic (exact) mass is 285 g/mol. The Hall–Kier alpha value is -1.81. The van der Waals surface area contributed by atoms with Gasteiger partial charge in [0, 0.05) is 25.5 Å². The lowest BCUT2D eigenvalue weighted by molar-refractivity contribution is 0.190. The molecular formula is C17H23N3O. The number of imidazole rings is 1. The standard InChI is InChI=1S/C17H23N3O/c1-13(12-21-2)19-17-18-10-11-20(17)16-9-5-7-14-6-3-4-8-15(14)16/h5,7,9-11,13H,3-4,6,8,12H2,1-2H3,(H,18,19). The summed E-state index contributed by atoms with van der Waals surface area (Å²) in [4.78, 5) is 4.46. The third-order valence-electron chi connectivity index (χ3n) is 4.06. The highest BCUT2D eigenvalue weighted by Crippen LogP contribution is 2.28. The number of hydrogen-bond donors (Lipinski definition) is 1. The molecule has 0 saturated carbocycles. The van der Waals surface area contributed by atoms with Crippen LogP contribution in [0.4, 0.5) is 5.95 Å². The number of fused-ring (bicyclic) bond motifs is 1. The third-order valence-corrected chi connectivity index (χ3v) is 4.06. The molecule has 0 amide bonds. The second kappa shape index (κ2) is 6.31. The van der Waals surface area contributed by atoms with E-state index in [0.717, 1.165) is 12.4 Å². The Bertz CT molecular complexity index is 606. The molecular weight excluding hydrogens is 262 g/mol. The van der Waals surface area contributed by atoms with Gasteiger partial charge in [0.1, 0.15) is 0 Å². The smallest absolute Gasteiger partial charge is 0.207 e. The van der Waals surface area contributed by atoms with E-state index in [9.17, 15) is 0 Å². The van der Waals surface area contributed by atoms with E-state index in [4.69, 9.17) is 4.74 Å². The van der Waals surface area contributed by atoms with Crippen LogP contribution >= 0.6 is 0 Å². The quantitative estimate of drug-likeness (QED) is 0.917. The van der Waals surface area contributed by atoms with Gasteiger partial charge in [-0.2, -0.15) is 0 Å². The third kappa shape index (κ3) is 2.95. The van der Waals surface area contributed by atoms with Crippen LogP contribution in [0.25, 0.3) is 5.69 Å². The molecule has 3 rings (SSSR count). The molecule has 1 aliphatic rings. The van der Waals surface area contributed by atoms with Crippen LogP contribution in [0, 0.1) is 0 Å². The maximum atomic E-state index is 5.19. The Labute approximate surface area is 126 Å². The van der Waals surface area contributed by atoms with Crippen molar-refractivity contribution in [1.82, 2.24) is 9.55 Å². The molecule has 4 heteroatoms. The number of anilines is 1. The molecule has 1 aromatic carbocycles. The van der Waals surface area contributed by atoms with Crippen LogP contribution in [-0.4, -0.2) is 29.3 Å². The molecule has 1 aromatic heterocycles. The molecule has 1 aliphatic carbocycles. The first-order valence-electron chi connectivity index (χ1n) is 7.69. The summed E-state index contributed by atoms with van der Waals surface area (Å²) in [6.45, 7) is 2.77. The van der Waals surface area contributed by atoms with Gasteiger partial charge in [0.2, 0.25) is 5.95 Å².